The van der Waals surface area contributed by atoms with Crippen LogP contribution in [-0.2, 0) is 11.2 Å². The van der Waals surface area contributed by atoms with Crippen LogP contribution >= 0.6 is 12.4 Å². The first kappa shape index (κ1) is 20.6. The molecule has 0 radical (unpaired) electrons. The van der Waals surface area contributed by atoms with Crippen molar-refractivity contribution in [1.82, 2.24) is 15.5 Å². The molecule has 1 heterocycles. The number of nitrogens with one attached hydrogen (secondary N) is 1. The summed E-state index contributed by atoms with van der Waals surface area (Å²) in [6, 6.07) is 19.0. The Kier molecular flexibility index (Phi) is 7.52. The molecule has 142 valence electrons. The minimum atomic E-state index is -0.408. The molecule has 0 saturated carbocycles. The van der Waals surface area contributed by atoms with Crippen LogP contribution in [0.4, 0.5) is 0 Å². The lowest BCUT2D eigenvalue weighted by Crippen LogP contribution is -2.35. The molecule has 0 bridgehead atoms. The molecule has 3 rings (SSSR count). The minimum absolute atomic E-state index is 0. The third kappa shape index (κ3) is 5.39. The van der Waals surface area contributed by atoms with Crippen LogP contribution in [0.25, 0.3) is 0 Å². The van der Waals surface area contributed by atoms with Crippen LogP contribution in [-0.4, -0.2) is 22.6 Å². The average molecular weight is 387 g/mol. The Labute approximate surface area is 164 Å². The molecule has 0 saturated heterocycles. The lowest BCUT2D eigenvalue weighted by atomic mass is 9.98. The van der Waals surface area contributed by atoms with E-state index in [2.05, 4.69) is 15.5 Å². The van der Waals surface area contributed by atoms with E-state index in [1.54, 1.807) is 0 Å². The molecule has 0 aliphatic heterocycles. The van der Waals surface area contributed by atoms with E-state index in [1.807, 2.05) is 67.6 Å². The lowest BCUT2D eigenvalue weighted by Gasteiger charge is -2.17. The van der Waals surface area contributed by atoms with Crippen molar-refractivity contribution >= 4 is 18.3 Å². The highest BCUT2D eigenvalue weighted by Gasteiger charge is 2.23. The largest absolute Gasteiger partial charge is 0.346 e. The number of carbonyl (C=O) groups excluding carboxylic acids is 1. The number of benzene rings is 2. The third-order valence-electron chi connectivity index (χ3n) is 4.18. The number of aromatic nitrogens is 2. The molecule has 3 aromatic rings. The van der Waals surface area contributed by atoms with Crippen LogP contribution in [0.3, 0.4) is 0 Å². The van der Waals surface area contributed by atoms with Gasteiger partial charge in [-0.15, -0.1) is 12.4 Å². The average Bonchev–Trinajstić information content (AvgIpc) is 3.13. The van der Waals surface area contributed by atoms with Crippen molar-refractivity contribution in [2.24, 2.45) is 5.73 Å². The van der Waals surface area contributed by atoms with Gasteiger partial charge in [0.15, 0.2) is 5.82 Å². The van der Waals surface area contributed by atoms with Crippen LogP contribution in [0.2, 0.25) is 0 Å². The van der Waals surface area contributed by atoms with Crippen LogP contribution in [0.5, 0.6) is 0 Å². The zero-order valence-corrected chi connectivity index (χ0v) is 15.9. The summed E-state index contributed by atoms with van der Waals surface area (Å²) >= 11 is 0. The molecule has 2 atom stereocenters. The first-order valence-electron chi connectivity index (χ1n) is 8.59. The Balaban J connectivity index is 0.00000261. The van der Waals surface area contributed by atoms with E-state index in [0.29, 0.717) is 18.1 Å². The van der Waals surface area contributed by atoms with Gasteiger partial charge in [0.2, 0.25) is 11.8 Å². The number of nitrogens with zero attached hydrogens (tertiary/aromatic N) is 2. The van der Waals surface area contributed by atoms with Gasteiger partial charge in [0.1, 0.15) is 0 Å². The van der Waals surface area contributed by atoms with E-state index >= 15 is 0 Å². The molecule has 0 aliphatic carbocycles. The molecule has 2 unspecified atom stereocenters. The molecule has 7 heteroatoms. The van der Waals surface area contributed by atoms with Crippen molar-refractivity contribution in [3.8, 4) is 0 Å². The molecule has 1 amide bonds. The Morgan fingerprint density at radius 1 is 1.11 bits per heavy atom. The summed E-state index contributed by atoms with van der Waals surface area (Å²) in [5, 5.41) is 6.91. The van der Waals surface area contributed by atoms with Gasteiger partial charge in [0.05, 0.1) is 18.4 Å². The monoisotopic (exact) mass is 386 g/mol. The van der Waals surface area contributed by atoms with Crippen molar-refractivity contribution < 1.29 is 9.32 Å². The number of carbonyl (C=O) groups is 1. The Bertz CT molecular complexity index is 839. The minimum Gasteiger partial charge on any atom is -0.346 e. The van der Waals surface area contributed by atoms with Crippen LogP contribution < -0.4 is 11.1 Å². The fourth-order valence-corrected chi connectivity index (χ4v) is 2.74. The quantitative estimate of drug-likeness (QED) is 0.651. The highest BCUT2D eigenvalue weighted by molar-refractivity contribution is 5.85. The highest BCUT2D eigenvalue weighted by atomic mass is 35.5. The van der Waals surface area contributed by atoms with E-state index in [9.17, 15) is 4.79 Å². The predicted molar refractivity (Wildman–Crippen MR) is 106 cm³/mol. The second kappa shape index (κ2) is 9.85. The number of rotatable bonds is 7. The molecule has 6 nitrogen and oxygen atoms in total. The van der Waals surface area contributed by atoms with Gasteiger partial charge in [0, 0.05) is 6.54 Å². The first-order chi connectivity index (χ1) is 12.7. The summed E-state index contributed by atoms with van der Waals surface area (Å²) in [5.41, 5.74) is 7.78. The van der Waals surface area contributed by atoms with Gasteiger partial charge >= 0.3 is 0 Å². The zero-order valence-electron chi connectivity index (χ0n) is 15.0. The molecular weight excluding hydrogens is 364 g/mol. The molecule has 0 fully saturated rings. The molecule has 2 aromatic carbocycles. The third-order valence-corrected chi connectivity index (χ3v) is 4.18. The predicted octanol–water partition coefficient (Wildman–Crippen LogP) is 3.00. The fourth-order valence-electron chi connectivity index (χ4n) is 2.74. The first-order valence-corrected chi connectivity index (χ1v) is 8.59. The Morgan fingerprint density at radius 3 is 2.37 bits per heavy atom. The van der Waals surface area contributed by atoms with Crippen LogP contribution in [0.1, 0.15) is 41.7 Å². The van der Waals surface area contributed by atoms with E-state index in [1.165, 1.54) is 0 Å². The van der Waals surface area contributed by atoms with Crippen LogP contribution in [0.15, 0.2) is 65.2 Å². The van der Waals surface area contributed by atoms with Crippen molar-refractivity contribution in [2.45, 2.75) is 25.3 Å². The van der Waals surface area contributed by atoms with Gasteiger partial charge in [0.25, 0.3) is 0 Å². The normalized spacial score (nSPS) is 12.7. The van der Waals surface area contributed by atoms with Crippen molar-refractivity contribution in [3.63, 3.8) is 0 Å². The zero-order chi connectivity index (χ0) is 18.4. The second-order valence-corrected chi connectivity index (χ2v) is 6.14. The summed E-state index contributed by atoms with van der Waals surface area (Å²) in [5.74, 6) is 0.411. The maximum atomic E-state index is 12.6. The standard InChI is InChI=1S/C20H22N4O2.ClH/c1-14(22-20(25)17(13-21)16-10-6-3-7-11-16)19-23-18(26-24-19)12-15-8-4-2-5-9-15;/h2-11,14,17H,12-13,21H2,1H3,(H,22,25);1H. The number of amides is 1. The smallest absolute Gasteiger partial charge is 0.231 e. The topological polar surface area (TPSA) is 94.0 Å². The maximum absolute atomic E-state index is 12.6. The number of hydrogen-bond donors (Lipinski definition) is 2. The van der Waals surface area contributed by atoms with Gasteiger partial charge < -0.3 is 15.6 Å². The van der Waals surface area contributed by atoms with Crippen molar-refractivity contribution in [3.05, 3.63) is 83.5 Å². The molecule has 3 N–H and O–H groups in total. The molecule has 1 aromatic heterocycles. The summed E-state index contributed by atoms with van der Waals surface area (Å²) in [4.78, 5) is 17.0. The van der Waals surface area contributed by atoms with E-state index in [-0.39, 0.29) is 30.9 Å². The Hall–Kier alpha value is -2.70. The van der Waals surface area contributed by atoms with Gasteiger partial charge in [-0.3, -0.25) is 4.79 Å². The molecule has 0 spiro atoms. The van der Waals surface area contributed by atoms with E-state index < -0.39 is 5.92 Å². The fraction of sp³-hybridized carbons (Fsp3) is 0.250. The summed E-state index contributed by atoms with van der Waals surface area (Å²) in [7, 11) is 0. The summed E-state index contributed by atoms with van der Waals surface area (Å²) in [6.07, 6.45) is 0.559. The van der Waals surface area contributed by atoms with Crippen molar-refractivity contribution in [2.75, 3.05) is 6.54 Å². The number of halogens is 1. The number of nitrogens with two attached hydrogens (primary N) is 1. The molecule has 27 heavy (non-hydrogen) atoms. The van der Waals surface area contributed by atoms with Crippen molar-refractivity contribution in [1.29, 1.82) is 0 Å². The van der Waals surface area contributed by atoms with Gasteiger partial charge in [-0.1, -0.05) is 65.8 Å². The van der Waals surface area contributed by atoms with E-state index in [4.69, 9.17) is 10.3 Å². The van der Waals surface area contributed by atoms with E-state index in [0.717, 1.165) is 11.1 Å². The number of hydrogen-bond acceptors (Lipinski definition) is 5. The Morgan fingerprint density at radius 2 is 1.74 bits per heavy atom. The van der Waals surface area contributed by atoms with Gasteiger partial charge in [-0.2, -0.15) is 4.98 Å². The SMILES string of the molecule is CC(NC(=O)C(CN)c1ccccc1)c1noc(Cc2ccccc2)n1.Cl. The highest BCUT2D eigenvalue weighted by Crippen LogP contribution is 2.17. The van der Waals surface area contributed by atoms with Gasteiger partial charge in [-0.05, 0) is 18.1 Å². The molecule has 0 aliphatic rings. The second-order valence-electron chi connectivity index (χ2n) is 6.14. The summed E-state index contributed by atoms with van der Waals surface area (Å²) < 4.78 is 5.31. The van der Waals surface area contributed by atoms with Crippen LogP contribution in [0, 0.1) is 0 Å². The lowest BCUT2D eigenvalue weighted by molar-refractivity contribution is -0.123. The maximum Gasteiger partial charge on any atom is 0.231 e. The van der Waals surface area contributed by atoms with Gasteiger partial charge in [-0.25, -0.2) is 0 Å². The summed E-state index contributed by atoms with van der Waals surface area (Å²) in [6.45, 7) is 2.06. The molecular formula is C20H23ClN4O2.